The molecule has 2 heterocycles. The number of anilines is 1. The molecule has 7 heteroatoms. The second kappa shape index (κ2) is 4.88. The molecule has 0 radical (unpaired) electrons. The van der Waals surface area contributed by atoms with Crippen molar-refractivity contribution in [1.82, 2.24) is 9.97 Å². The number of pyridine rings is 1. The predicted molar refractivity (Wildman–Crippen MR) is 60.6 cm³/mol. The Hall–Kier alpha value is -2.02. The van der Waals surface area contributed by atoms with Crippen LogP contribution >= 0.6 is 11.3 Å². The minimum Gasteiger partial charge on any atom is -0.478 e. The number of thiazole rings is 1. The van der Waals surface area contributed by atoms with Gasteiger partial charge < -0.3 is 10.4 Å². The molecule has 0 fully saturated rings. The zero-order chi connectivity index (χ0) is 12.3. The molecule has 0 aliphatic rings. The third kappa shape index (κ3) is 2.76. The van der Waals surface area contributed by atoms with E-state index in [9.17, 15) is 9.18 Å². The minimum absolute atomic E-state index is 0.146. The molecular formula is C10H8FN3O2S. The van der Waals surface area contributed by atoms with Crippen LogP contribution in [0.25, 0.3) is 0 Å². The Morgan fingerprint density at radius 1 is 1.53 bits per heavy atom. The van der Waals surface area contributed by atoms with Gasteiger partial charge in [0.2, 0.25) is 0 Å². The number of carbonyl (C=O) groups is 1. The van der Waals surface area contributed by atoms with E-state index in [1.807, 2.05) is 0 Å². The average Bonchev–Trinajstić information content (AvgIpc) is 2.80. The van der Waals surface area contributed by atoms with Crippen LogP contribution in [-0.2, 0) is 6.54 Å². The number of halogens is 1. The summed E-state index contributed by atoms with van der Waals surface area (Å²) < 4.78 is 12.9. The Bertz CT molecular complexity index is 530. The molecule has 2 aromatic heterocycles. The predicted octanol–water partition coefficient (Wildman–Crippen LogP) is 1.99. The Morgan fingerprint density at radius 2 is 2.35 bits per heavy atom. The van der Waals surface area contributed by atoms with Crippen LogP contribution in [0.3, 0.4) is 0 Å². The van der Waals surface area contributed by atoms with Crippen molar-refractivity contribution in [1.29, 1.82) is 0 Å². The van der Waals surface area contributed by atoms with Crippen LogP contribution in [0.1, 0.15) is 15.2 Å². The highest BCUT2D eigenvalue weighted by atomic mass is 32.1. The fraction of sp³-hybridized carbons (Fsp3) is 0.100. The first-order chi connectivity index (χ1) is 8.16. The van der Waals surface area contributed by atoms with Crippen molar-refractivity contribution < 1.29 is 14.3 Å². The highest BCUT2D eigenvalue weighted by molar-refractivity contribution is 7.09. The zero-order valence-electron chi connectivity index (χ0n) is 8.55. The zero-order valence-corrected chi connectivity index (χ0v) is 9.37. The van der Waals surface area contributed by atoms with Crippen molar-refractivity contribution in [2.45, 2.75) is 6.54 Å². The van der Waals surface area contributed by atoms with Crippen LogP contribution in [0.2, 0.25) is 0 Å². The van der Waals surface area contributed by atoms with Gasteiger partial charge in [0.25, 0.3) is 0 Å². The topological polar surface area (TPSA) is 75.1 Å². The normalized spacial score (nSPS) is 10.2. The van der Waals surface area contributed by atoms with Crippen molar-refractivity contribution in [2.75, 3.05) is 5.32 Å². The summed E-state index contributed by atoms with van der Waals surface area (Å²) in [4.78, 5) is 19.4. The highest BCUT2D eigenvalue weighted by Crippen LogP contribution is 2.15. The van der Waals surface area contributed by atoms with Crippen molar-refractivity contribution >= 4 is 23.1 Å². The van der Waals surface area contributed by atoms with E-state index >= 15 is 0 Å². The summed E-state index contributed by atoms with van der Waals surface area (Å²) in [6, 6.07) is 0.935. The number of hydrogen-bond acceptors (Lipinski definition) is 5. The summed E-state index contributed by atoms with van der Waals surface area (Å²) in [5.41, 5.74) is 1.49. The average molecular weight is 253 g/mol. The maximum Gasteiger partial charge on any atom is 0.339 e. The summed E-state index contributed by atoms with van der Waals surface area (Å²) >= 11 is 1.44. The molecule has 0 unspecified atom stereocenters. The van der Waals surface area contributed by atoms with Crippen LogP contribution in [0.5, 0.6) is 0 Å². The number of aromatic nitrogens is 2. The number of rotatable bonds is 4. The van der Waals surface area contributed by atoms with E-state index in [1.54, 1.807) is 11.7 Å². The molecule has 0 aliphatic carbocycles. The van der Waals surface area contributed by atoms with Crippen LogP contribution in [0, 0.1) is 5.82 Å². The Kier molecular flexibility index (Phi) is 3.29. The van der Waals surface area contributed by atoms with Crippen molar-refractivity contribution in [3.8, 4) is 0 Å². The van der Waals surface area contributed by atoms with E-state index in [-0.39, 0.29) is 11.4 Å². The number of hydrogen-bond donors (Lipinski definition) is 2. The Labute approximate surface area is 100.0 Å². The maximum atomic E-state index is 12.9. The van der Waals surface area contributed by atoms with E-state index in [4.69, 9.17) is 5.11 Å². The van der Waals surface area contributed by atoms with E-state index in [0.717, 1.165) is 17.1 Å². The summed E-state index contributed by atoms with van der Waals surface area (Å²) in [6.07, 6.45) is 2.64. The summed E-state index contributed by atoms with van der Waals surface area (Å²) in [5.74, 6) is -1.75. The summed E-state index contributed by atoms with van der Waals surface area (Å²) in [7, 11) is 0. The first-order valence-electron chi connectivity index (χ1n) is 4.67. The molecular weight excluding hydrogens is 245 g/mol. The fourth-order valence-electron chi connectivity index (χ4n) is 1.24. The first kappa shape index (κ1) is 11.5. The van der Waals surface area contributed by atoms with Gasteiger partial charge in [0.1, 0.15) is 17.2 Å². The van der Waals surface area contributed by atoms with Crippen molar-refractivity contribution in [3.05, 3.63) is 40.2 Å². The number of carboxylic acid groups (broad SMARTS) is 1. The molecule has 0 saturated carbocycles. The van der Waals surface area contributed by atoms with E-state index < -0.39 is 11.8 Å². The lowest BCUT2D eigenvalue weighted by Gasteiger charge is -2.06. The third-order valence-electron chi connectivity index (χ3n) is 2.00. The summed E-state index contributed by atoms with van der Waals surface area (Å²) in [5, 5.41) is 11.7. The first-order valence-corrected chi connectivity index (χ1v) is 5.55. The SMILES string of the molecule is O=C(O)c1cc(F)cnc1NCc1cncs1. The lowest BCUT2D eigenvalue weighted by atomic mass is 10.2. The van der Waals surface area contributed by atoms with E-state index in [1.165, 1.54) is 11.3 Å². The standard InChI is InChI=1S/C10H8FN3O2S/c11-6-1-8(10(15)16)9(13-2-6)14-4-7-3-12-5-17-7/h1-3,5H,4H2,(H,13,14)(H,15,16). The molecule has 0 spiro atoms. The van der Waals surface area contributed by atoms with Gasteiger partial charge in [-0.25, -0.2) is 14.2 Å². The molecule has 0 aromatic carbocycles. The molecule has 88 valence electrons. The molecule has 17 heavy (non-hydrogen) atoms. The molecule has 0 saturated heterocycles. The lowest BCUT2D eigenvalue weighted by molar-refractivity contribution is 0.0697. The van der Waals surface area contributed by atoms with Gasteiger partial charge in [0.15, 0.2) is 0 Å². The molecule has 2 aromatic rings. The largest absolute Gasteiger partial charge is 0.478 e. The summed E-state index contributed by atoms with van der Waals surface area (Å²) in [6.45, 7) is 0.406. The Morgan fingerprint density at radius 3 is 3.00 bits per heavy atom. The van der Waals surface area contributed by atoms with Crippen molar-refractivity contribution in [2.24, 2.45) is 0 Å². The van der Waals surface area contributed by atoms with Gasteiger partial charge in [0.05, 0.1) is 18.3 Å². The van der Waals surface area contributed by atoms with Gasteiger partial charge in [-0.1, -0.05) is 0 Å². The van der Waals surface area contributed by atoms with Crippen LogP contribution < -0.4 is 5.32 Å². The second-order valence-electron chi connectivity index (χ2n) is 3.18. The maximum absolute atomic E-state index is 12.9. The second-order valence-corrected chi connectivity index (χ2v) is 4.15. The third-order valence-corrected chi connectivity index (χ3v) is 2.78. The van der Waals surface area contributed by atoms with Crippen LogP contribution in [-0.4, -0.2) is 21.0 Å². The van der Waals surface area contributed by atoms with Crippen molar-refractivity contribution in [3.63, 3.8) is 0 Å². The molecule has 0 aliphatic heterocycles. The molecule has 0 amide bonds. The van der Waals surface area contributed by atoms with E-state index in [0.29, 0.717) is 6.54 Å². The van der Waals surface area contributed by atoms with Gasteiger partial charge in [0, 0.05) is 11.1 Å². The van der Waals surface area contributed by atoms with Crippen LogP contribution in [0.15, 0.2) is 24.0 Å². The minimum atomic E-state index is -1.22. The number of aromatic carboxylic acids is 1. The number of nitrogens with one attached hydrogen (secondary N) is 1. The molecule has 5 nitrogen and oxygen atoms in total. The number of carboxylic acids is 1. The van der Waals surface area contributed by atoms with E-state index in [2.05, 4.69) is 15.3 Å². The Balaban J connectivity index is 2.17. The quantitative estimate of drug-likeness (QED) is 0.871. The van der Waals surface area contributed by atoms with Crippen LogP contribution in [0.4, 0.5) is 10.2 Å². The van der Waals surface area contributed by atoms with Gasteiger partial charge in [-0.2, -0.15) is 0 Å². The molecule has 2 N–H and O–H groups in total. The monoisotopic (exact) mass is 253 g/mol. The number of nitrogens with zero attached hydrogens (tertiary/aromatic N) is 2. The molecule has 2 rings (SSSR count). The van der Waals surface area contributed by atoms with Gasteiger partial charge in [-0.15, -0.1) is 11.3 Å². The highest BCUT2D eigenvalue weighted by Gasteiger charge is 2.12. The fourth-order valence-corrected chi connectivity index (χ4v) is 1.78. The van der Waals surface area contributed by atoms with Gasteiger partial charge in [-0.3, -0.25) is 4.98 Å². The lowest BCUT2D eigenvalue weighted by Crippen LogP contribution is -2.08. The smallest absolute Gasteiger partial charge is 0.339 e. The molecule has 0 atom stereocenters. The molecule has 0 bridgehead atoms. The van der Waals surface area contributed by atoms with Gasteiger partial charge in [-0.05, 0) is 6.07 Å². The van der Waals surface area contributed by atoms with Gasteiger partial charge >= 0.3 is 5.97 Å².